The fourth-order valence-corrected chi connectivity index (χ4v) is 4.66. The molecular weight excluding hydrogens is 502 g/mol. The van der Waals surface area contributed by atoms with Crippen LogP contribution in [0.4, 0.5) is 0 Å². The van der Waals surface area contributed by atoms with Crippen LogP contribution in [-0.4, -0.2) is 63.0 Å². The zero-order valence-corrected chi connectivity index (χ0v) is 22.9. The largest absolute Gasteiger partial charge is 0.494 e. The van der Waals surface area contributed by atoms with Crippen LogP contribution < -0.4 is 19.5 Å². The Labute approximate surface area is 227 Å². The van der Waals surface area contributed by atoms with Gasteiger partial charge in [0.2, 0.25) is 11.3 Å². The first kappa shape index (κ1) is 28.1. The Hall–Kier alpha value is -2.89. The van der Waals surface area contributed by atoms with E-state index in [1.165, 1.54) is 11.1 Å². The zero-order chi connectivity index (χ0) is 26.8. The summed E-state index contributed by atoms with van der Waals surface area (Å²) in [4.78, 5) is 10.9. The molecule has 1 atom stereocenters. The first-order chi connectivity index (χ1) is 18.4. The molecule has 9 nitrogen and oxygen atoms in total. The lowest BCUT2D eigenvalue weighted by Crippen LogP contribution is -2.43. The van der Waals surface area contributed by atoms with E-state index in [1.54, 1.807) is 12.3 Å². The van der Waals surface area contributed by atoms with Crippen LogP contribution in [-0.2, 0) is 29.8 Å². The van der Waals surface area contributed by atoms with Crippen molar-refractivity contribution in [2.24, 2.45) is 0 Å². The summed E-state index contributed by atoms with van der Waals surface area (Å²) < 4.78 is 33.9. The SMILES string of the molecule is CC(C)(c1ccc(OCCCN2CCNCC2)cc1)c1ccc(OCc2ccnc(CNS(=O)O)n2)cc1. The van der Waals surface area contributed by atoms with Crippen LogP contribution in [0.1, 0.15) is 42.9 Å². The molecule has 1 unspecified atom stereocenters. The lowest BCUT2D eigenvalue weighted by Gasteiger charge is -2.27. The van der Waals surface area contributed by atoms with Crippen LogP contribution in [0.15, 0.2) is 60.8 Å². The molecule has 0 spiro atoms. The second-order valence-corrected chi connectivity index (χ2v) is 10.6. The van der Waals surface area contributed by atoms with E-state index in [4.69, 9.17) is 14.0 Å². The Bertz CT molecular complexity index is 1170. The van der Waals surface area contributed by atoms with Gasteiger partial charge < -0.3 is 19.7 Å². The Morgan fingerprint density at radius 1 is 1.00 bits per heavy atom. The average molecular weight is 540 g/mol. The van der Waals surface area contributed by atoms with Gasteiger partial charge in [0.25, 0.3) is 0 Å². The first-order valence-corrected chi connectivity index (χ1v) is 14.1. The quantitative estimate of drug-likeness (QED) is 0.224. The van der Waals surface area contributed by atoms with Gasteiger partial charge in [-0.2, -0.15) is 0 Å². The minimum absolute atomic E-state index is 0.102. The lowest BCUT2D eigenvalue weighted by molar-refractivity contribution is 0.214. The summed E-state index contributed by atoms with van der Waals surface area (Å²) in [5, 5.41) is 3.38. The number of benzene rings is 2. The van der Waals surface area contributed by atoms with Crippen LogP contribution in [0, 0.1) is 0 Å². The summed E-state index contributed by atoms with van der Waals surface area (Å²) in [7, 11) is 0. The Kier molecular flexibility index (Phi) is 10.2. The molecule has 1 aliphatic rings. The molecule has 0 amide bonds. The van der Waals surface area contributed by atoms with Crippen molar-refractivity contribution in [2.75, 3.05) is 39.3 Å². The van der Waals surface area contributed by atoms with Gasteiger partial charge in [-0.15, -0.1) is 0 Å². The third kappa shape index (κ3) is 8.31. The standard InChI is InChI=1S/C28H37N5O4S/c1-28(2,22-4-8-25(9-5-22)36-19-3-16-33-17-14-29-15-18-33)23-6-10-26(11-7-23)37-21-24-12-13-30-27(32-24)20-31-38(34)35/h4-13,29,31H,3,14-21H2,1-2H3,(H,34,35). The van der Waals surface area contributed by atoms with Gasteiger partial charge in [-0.3, -0.25) is 4.55 Å². The molecule has 4 rings (SSSR count). The van der Waals surface area contributed by atoms with Crippen molar-refractivity contribution in [3.63, 3.8) is 0 Å². The fraction of sp³-hybridized carbons (Fsp3) is 0.429. The minimum atomic E-state index is -2.10. The maximum atomic E-state index is 10.8. The molecule has 1 saturated heterocycles. The Morgan fingerprint density at radius 2 is 1.63 bits per heavy atom. The van der Waals surface area contributed by atoms with E-state index in [2.05, 4.69) is 75.2 Å². The number of nitrogens with zero attached hydrogens (tertiary/aromatic N) is 3. The Morgan fingerprint density at radius 3 is 2.26 bits per heavy atom. The number of nitrogens with one attached hydrogen (secondary N) is 2. The van der Waals surface area contributed by atoms with E-state index < -0.39 is 11.3 Å². The normalized spacial score (nSPS) is 15.2. The number of piperazine rings is 1. The van der Waals surface area contributed by atoms with E-state index in [0.717, 1.165) is 57.3 Å². The van der Waals surface area contributed by atoms with E-state index in [9.17, 15) is 4.21 Å². The highest BCUT2D eigenvalue weighted by Crippen LogP contribution is 2.33. The lowest BCUT2D eigenvalue weighted by atomic mass is 9.78. The van der Waals surface area contributed by atoms with Gasteiger partial charge >= 0.3 is 0 Å². The zero-order valence-electron chi connectivity index (χ0n) is 22.1. The molecule has 3 N–H and O–H groups in total. The molecule has 38 heavy (non-hydrogen) atoms. The number of ether oxygens (including phenoxy) is 2. The minimum Gasteiger partial charge on any atom is -0.494 e. The third-order valence-electron chi connectivity index (χ3n) is 6.75. The van der Waals surface area contributed by atoms with E-state index in [1.807, 2.05) is 12.1 Å². The predicted octanol–water partition coefficient (Wildman–Crippen LogP) is 3.28. The smallest absolute Gasteiger partial charge is 0.232 e. The molecule has 3 aromatic rings. The van der Waals surface area contributed by atoms with Gasteiger partial charge in [0.05, 0.1) is 18.8 Å². The second kappa shape index (κ2) is 13.8. The molecule has 2 aromatic carbocycles. The molecule has 0 bridgehead atoms. The summed E-state index contributed by atoms with van der Waals surface area (Å²) in [6, 6.07) is 18.3. The van der Waals surface area contributed by atoms with Crippen LogP contribution in [0.2, 0.25) is 0 Å². The maximum Gasteiger partial charge on any atom is 0.232 e. The molecule has 1 fully saturated rings. The monoisotopic (exact) mass is 539 g/mol. The van der Waals surface area contributed by atoms with Crippen molar-refractivity contribution in [1.29, 1.82) is 0 Å². The van der Waals surface area contributed by atoms with Crippen LogP contribution >= 0.6 is 0 Å². The number of aromatic nitrogens is 2. The summed E-state index contributed by atoms with van der Waals surface area (Å²) in [6.07, 6.45) is 2.64. The highest BCUT2D eigenvalue weighted by atomic mass is 32.2. The molecule has 2 heterocycles. The van der Waals surface area contributed by atoms with Crippen molar-refractivity contribution in [2.45, 2.75) is 38.8 Å². The fourth-order valence-electron chi connectivity index (χ4n) is 4.41. The van der Waals surface area contributed by atoms with Gasteiger partial charge in [-0.05, 0) is 47.9 Å². The molecule has 10 heteroatoms. The molecule has 0 saturated carbocycles. The van der Waals surface area contributed by atoms with Gasteiger partial charge in [-0.25, -0.2) is 18.9 Å². The summed E-state index contributed by atoms with van der Waals surface area (Å²) in [5.74, 6) is 2.07. The van der Waals surface area contributed by atoms with Gasteiger partial charge in [0.15, 0.2) is 0 Å². The third-order valence-corrected chi connectivity index (χ3v) is 7.14. The predicted molar refractivity (Wildman–Crippen MR) is 148 cm³/mol. The van der Waals surface area contributed by atoms with Gasteiger partial charge in [-0.1, -0.05) is 38.1 Å². The van der Waals surface area contributed by atoms with Crippen molar-refractivity contribution in [1.82, 2.24) is 24.9 Å². The van der Waals surface area contributed by atoms with Crippen molar-refractivity contribution in [3.05, 3.63) is 83.4 Å². The number of hydrogen-bond donors (Lipinski definition) is 3. The van der Waals surface area contributed by atoms with Gasteiger partial charge in [0.1, 0.15) is 23.9 Å². The number of hydrogen-bond acceptors (Lipinski definition) is 7. The van der Waals surface area contributed by atoms with Crippen LogP contribution in [0.5, 0.6) is 11.5 Å². The first-order valence-electron chi connectivity index (χ1n) is 12.9. The maximum absolute atomic E-state index is 10.8. The van der Waals surface area contributed by atoms with Gasteiger partial charge in [0, 0.05) is 44.3 Å². The topological polar surface area (TPSA) is 109 Å². The van der Waals surface area contributed by atoms with Crippen molar-refractivity contribution in [3.8, 4) is 11.5 Å². The van der Waals surface area contributed by atoms with Crippen LogP contribution in [0.3, 0.4) is 0 Å². The van der Waals surface area contributed by atoms with E-state index in [-0.39, 0.29) is 18.6 Å². The summed E-state index contributed by atoms with van der Waals surface area (Å²) in [5.41, 5.74) is 2.91. The van der Waals surface area contributed by atoms with Crippen molar-refractivity contribution < 1.29 is 18.2 Å². The molecule has 1 aromatic heterocycles. The summed E-state index contributed by atoms with van der Waals surface area (Å²) in [6.45, 7) is 11.0. The van der Waals surface area contributed by atoms with E-state index in [0.29, 0.717) is 11.5 Å². The molecule has 204 valence electrons. The molecule has 1 aliphatic heterocycles. The molecule has 0 aliphatic carbocycles. The highest BCUT2D eigenvalue weighted by Gasteiger charge is 2.23. The van der Waals surface area contributed by atoms with E-state index >= 15 is 0 Å². The summed E-state index contributed by atoms with van der Waals surface area (Å²) >= 11 is -2.10. The number of rotatable bonds is 13. The average Bonchev–Trinajstić information content (AvgIpc) is 2.94. The second-order valence-electron chi connectivity index (χ2n) is 9.79. The van der Waals surface area contributed by atoms with Crippen LogP contribution in [0.25, 0.3) is 0 Å². The Balaban J connectivity index is 1.27. The molecular formula is C28H37N5O4S. The molecule has 0 radical (unpaired) electrons. The highest BCUT2D eigenvalue weighted by molar-refractivity contribution is 7.77. The van der Waals surface area contributed by atoms with Crippen molar-refractivity contribution >= 4 is 11.3 Å².